The minimum atomic E-state index is 0.563. The number of benzene rings is 2. The summed E-state index contributed by atoms with van der Waals surface area (Å²) in [5.41, 5.74) is 5.51. The fourth-order valence-corrected chi connectivity index (χ4v) is 6.12. The van der Waals surface area contributed by atoms with Gasteiger partial charge in [-0.1, -0.05) is 67.8 Å². The maximum absolute atomic E-state index is 5.15. The molecule has 2 aromatic heterocycles. The third-order valence-corrected chi connectivity index (χ3v) is 8.01. The molecule has 0 saturated heterocycles. The van der Waals surface area contributed by atoms with Crippen molar-refractivity contribution in [2.24, 2.45) is 4.99 Å². The lowest BCUT2D eigenvalue weighted by Gasteiger charge is -2.39. The zero-order chi connectivity index (χ0) is 22.9. The first-order valence-corrected chi connectivity index (χ1v) is 13.1. The molecule has 1 aliphatic carbocycles. The van der Waals surface area contributed by atoms with Gasteiger partial charge in [0.15, 0.2) is 10.8 Å². The lowest BCUT2D eigenvalue weighted by Crippen LogP contribution is -2.41. The predicted octanol–water partition coefficient (Wildman–Crippen LogP) is 6.53. The minimum Gasteiger partial charge on any atom is -0.344 e. The molecule has 0 spiro atoms. The summed E-state index contributed by atoms with van der Waals surface area (Å²) in [6.07, 6.45) is 6.47. The summed E-state index contributed by atoms with van der Waals surface area (Å²) in [7, 11) is 0. The largest absolute Gasteiger partial charge is 0.344 e. The average molecular weight is 468 g/mol. The molecule has 0 amide bonds. The van der Waals surface area contributed by atoms with Crippen LogP contribution in [0.5, 0.6) is 0 Å². The summed E-state index contributed by atoms with van der Waals surface area (Å²) in [5.74, 6) is 0. The number of nitrogens with zero attached hydrogens (tertiary/aromatic N) is 5. The smallest absolute Gasteiger partial charge is 0.166 e. The zero-order valence-electron chi connectivity index (χ0n) is 19.5. The van der Waals surface area contributed by atoms with Gasteiger partial charge in [0, 0.05) is 23.5 Å². The van der Waals surface area contributed by atoms with E-state index in [4.69, 9.17) is 15.1 Å². The predicted molar refractivity (Wildman–Crippen MR) is 139 cm³/mol. The Balaban J connectivity index is 1.40. The molecule has 1 fully saturated rings. The van der Waals surface area contributed by atoms with Crippen molar-refractivity contribution >= 4 is 28.0 Å². The molecule has 0 atom stereocenters. The average Bonchev–Trinajstić information content (AvgIpc) is 3.22. The van der Waals surface area contributed by atoms with Crippen molar-refractivity contribution in [2.45, 2.75) is 63.2 Å². The highest BCUT2D eigenvalue weighted by atomic mass is 32.2. The molecule has 0 bridgehead atoms. The van der Waals surface area contributed by atoms with Gasteiger partial charge in [-0.2, -0.15) is 5.10 Å². The Hall–Kier alpha value is -3.12. The van der Waals surface area contributed by atoms with Gasteiger partial charge >= 0.3 is 0 Å². The van der Waals surface area contributed by atoms with E-state index in [2.05, 4.69) is 60.4 Å². The summed E-state index contributed by atoms with van der Waals surface area (Å²) in [6, 6.07) is 23.7. The van der Waals surface area contributed by atoms with Crippen LogP contribution in [0.2, 0.25) is 0 Å². The number of hydrogen-bond acceptors (Lipinski definition) is 4. The van der Waals surface area contributed by atoms with E-state index in [0.29, 0.717) is 12.6 Å². The van der Waals surface area contributed by atoms with E-state index in [-0.39, 0.29) is 0 Å². The van der Waals surface area contributed by atoms with Crippen LogP contribution in [0.25, 0.3) is 16.7 Å². The molecule has 172 valence electrons. The lowest BCUT2D eigenvalue weighted by molar-refractivity contribution is 0.238. The van der Waals surface area contributed by atoms with E-state index in [0.717, 1.165) is 39.2 Å². The molecule has 6 heteroatoms. The molecule has 4 aromatic rings. The standard InChI is InChI=1S/C28H29N5S/c1-20-25-17-22-19-32(23-13-7-3-8-14-23)28(29-18-21-11-5-2-6-12-21)34-27(22)30-26(25)33(31-20)24-15-9-4-10-16-24/h2,4-6,9-12,15-17,23H,3,7-8,13-14,18-19H2,1H3. The third kappa shape index (κ3) is 4.11. The van der Waals surface area contributed by atoms with Gasteiger partial charge in [0.2, 0.25) is 0 Å². The Labute approximate surface area is 204 Å². The van der Waals surface area contributed by atoms with Crippen LogP contribution in [0.15, 0.2) is 76.7 Å². The first kappa shape index (κ1) is 21.4. The first-order chi connectivity index (χ1) is 16.8. The number of thioether (sulfide) groups is 1. The van der Waals surface area contributed by atoms with Crippen molar-refractivity contribution in [3.05, 3.63) is 83.6 Å². The van der Waals surface area contributed by atoms with Gasteiger partial charge in [0.1, 0.15) is 5.03 Å². The van der Waals surface area contributed by atoms with E-state index in [9.17, 15) is 0 Å². The second kappa shape index (κ2) is 9.26. The fourth-order valence-electron chi connectivity index (χ4n) is 5.10. The third-order valence-electron chi connectivity index (χ3n) is 6.91. The number of rotatable bonds is 4. The number of para-hydroxylation sites is 1. The molecule has 1 aliphatic heterocycles. The Morgan fingerprint density at radius 1 is 0.971 bits per heavy atom. The van der Waals surface area contributed by atoms with E-state index in [1.807, 2.05) is 22.9 Å². The Morgan fingerprint density at radius 2 is 1.71 bits per heavy atom. The van der Waals surface area contributed by atoms with Crippen LogP contribution in [0.3, 0.4) is 0 Å². The Morgan fingerprint density at radius 3 is 2.47 bits per heavy atom. The normalized spacial score (nSPS) is 17.9. The summed E-state index contributed by atoms with van der Waals surface area (Å²) < 4.78 is 1.97. The second-order valence-electron chi connectivity index (χ2n) is 9.26. The molecule has 5 nitrogen and oxygen atoms in total. The number of hydrogen-bond donors (Lipinski definition) is 0. The van der Waals surface area contributed by atoms with Crippen molar-refractivity contribution in [1.29, 1.82) is 0 Å². The van der Waals surface area contributed by atoms with Gasteiger partial charge in [0.05, 0.1) is 17.9 Å². The van der Waals surface area contributed by atoms with E-state index >= 15 is 0 Å². The van der Waals surface area contributed by atoms with Crippen LogP contribution < -0.4 is 0 Å². The minimum absolute atomic E-state index is 0.563. The Bertz CT molecular complexity index is 1320. The van der Waals surface area contributed by atoms with Gasteiger partial charge < -0.3 is 4.90 Å². The number of fused-ring (bicyclic) bond motifs is 2. The van der Waals surface area contributed by atoms with Crippen LogP contribution >= 0.6 is 11.8 Å². The topological polar surface area (TPSA) is 46.3 Å². The van der Waals surface area contributed by atoms with Crippen molar-refractivity contribution in [2.75, 3.05) is 0 Å². The highest BCUT2D eigenvalue weighted by Crippen LogP contribution is 2.38. The quantitative estimate of drug-likeness (QED) is 0.342. The van der Waals surface area contributed by atoms with E-state index < -0.39 is 0 Å². The lowest BCUT2D eigenvalue weighted by atomic mass is 9.94. The van der Waals surface area contributed by atoms with Crippen molar-refractivity contribution in [1.82, 2.24) is 19.7 Å². The highest BCUT2D eigenvalue weighted by molar-refractivity contribution is 8.13. The van der Waals surface area contributed by atoms with Gasteiger partial charge in [-0.3, -0.25) is 4.99 Å². The summed E-state index contributed by atoms with van der Waals surface area (Å²) in [4.78, 5) is 12.8. The van der Waals surface area contributed by atoms with Gasteiger partial charge in [-0.15, -0.1) is 0 Å². The molecule has 2 aliphatic rings. The maximum Gasteiger partial charge on any atom is 0.166 e. The highest BCUT2D eigenvalue weighted by Gasteiger charge is 2.31. The number of aryl methyl sites for hydroxylation is 1. The van der Waals surface area contributed by atoms with Crippen molar-refractivity contribution in [3.8, 4) is 5.69 Å². The monoisotopic (exact) mass is 467 g/mol. The Kier molecular flexibility index (Phi) is 5.83. The summed E-state index contributed by atoms with van der Waals surface area (Å²) >= 11 is 1.73. The molecule has 0 radical (unpaired) electrons. The number of pyridine rings is 1. The molecular weight excluding hydrogens is 438 g/mol. The second-order valence-corrected chi connectivity index (χ2v) is 10.2. The van der Waals surface area contributed by atoms with Crippen LogP contribution in [0, 0.1) is 6.92 Å². The molecule has 2 aromatic carbocycles. The van der Waals surface area contributed by atoms with Gasteiger partial charge in [0.25, 0.3) is 0 Å². The maximum atomic E-state index is 5.15. The van der Waals surface area contributed by atoms with Crippen molar-refractivity contribution in [3.63, 3.8) is 0 Å². The SMILES string of the molecule is Cc1nn(-c2ccccc2)c2nc3c(cc12)CN(C1CCCCC1)C(=NCc1ccccc1)S3. The van der Waals surface area contributed by atoms with Crippen LogP contribution in [0.1, 0.15) is 48.9 Å². The van der Waals surface area contributed by atoms with Crippen LogP contribution in [-0.2, 0) is 13.1 Å². The first-order valence-electron chi connectivity index (χ1n) is 12.2. The van der Waals surface area contributed by atoms with Crippen LogP contribution in [0.4, 0.5) is 0 Å². The molecule has 0 N–H and O–H groups in total. The summed E-state index contributed by atoms with van der Waals surface area (Å²) in [5, 5.41) is 8.14. The van der Waals surface area contributed by atoms with E-state index in [1.54, 1.807) is 11.8 Å². The van der Waals surface area contributed by atoms with Crippen LogP contribution in [-0.4, -0.2) is 30.9 Å². The van der Waals surface area contributed by atoms with Gasteiger partial charge in [-0.05, 0) is 55.3 Å². The number of aliphatic imine (C=N–C) groups is 1. The molecule has 34 heavy (non-hydrogen) atoms. The zero-order valence-corrected chi connectivity index (χ0v) is 20.3. The molecular formula is C28H29N5S. The molecule has 3 heterocycles. The molecule has 1 saturated carbocycles. The fraction of sp³-hybridized carbons (Fsp3) is 0.321. The molecule has 6 rings (SSSR count). The number of aromatic nitrogens is 3. The summed E-state index contributed by atoms with van der Waals surface area (Å²) in [6.45, 7) is 3.65. The van der Waals surface area contributed by atoms with Gasteiger partial charge in [-0.25, -0.2) is 9.67 Å². The molecule has 0 unspecified atom stereocenters. The number of amidine groups is 1. The van der Waals surface area contributed by atoms with E-state index in [1.165, 1.54) is 43.2 Å². The van der Waals surface area contributed by atoms with Crippen molar-refractivity contribution < 1.29 is 0 Å².